The van der Waals surface area contributed by atoms with Crippen LogP contribution >= 0.6 is 11.6 Å². The highest BCUT2D eigenvalue weighted by molar-refractivity contribution is 6.30. The van der Waals surface area contributed by atoms with Crippen LogP contribution in [0, 0.1) is 0 Å². The topological polar surface area (TPSA) is 67.9 Å². The van der Waals surface area contributed by atoms with Crippen molar-refractivity contribution in [2.24, 2.45) is 0 Å². The van der Waals surface area contributed by atoms with E-state index in [4.69, 9.17) is 21.1 Å². The van der Waals surface area contributed by atoms with Gasteiger partial charge < -0.3 is 19.7 Å². The lowest BCUT2D eigenvalue weighted by Crippen LogP contribution is -2.38. The number of methoxy groups -OCH3 is 1. The van der Waals surface area contributed by atoms with Crippen LogP contribution in [0.3, 0.4) is 0 Å². The minimum absolute atomic E-state index is 0.0664. The zero-order valence-electron chi connectivity index (χ0n) is 18.5. The smallest absolute Gasteiger partial charge is 0.264 e. The van der Waals surface area contributed by atoms with Gasteiger partial charge in [0.05, 0.1) is 7.11 Å². The van der Waals surface area contributed by atoms with E-state index < -0.39 is 6.10 Å². The van der Waals surface area contributed by atoms with Crippen LogP contribution < -0.4 is 14.8 Å². The first-order chi connectivity index (χ1) is 16.0. The third-order valence-corrected chi connectivity index (χ3v) is 5.77. The van der Waals surface area contributed by atoms with Crippen molar-refractivity contribution >= 4 is 29.1 Å². The molecule has 0 bridgehead atoms. The fourth-order valence-electron chi connectivity index (χ4n) is 3.77. The number of hydrogen-bond donors (Lipinski definition) is 1. The molecule has 3 aromatic carbocycles. The number of nitrogens with one attached hydrogen (secondary N) is 1. The summed E-state index contributed by atoms with van der Waals surface area (Å²) in [6.07, 6.45) is -0.00607. The number of halogens is 1. The third-order valence-electron chi connectivity index (χ3n) is 5.52. The minimum atomic E-state index is -0.564. The number of carbonyl (C=O) groups is 2. The SMILES string of the molecule is CC[C@@H]1Oc2ccc(NC(=O)c3ccc(Cl)cc3)cc2CN(Cc2cccc(OC)c2)C1=O. The van der Waals surface area contributed by atoms with Gasteiger partial charge in [-0.25, -0.2) is 0 Å². The summed E-state index contributed by atoms with van der Waals surface area (Å²) in [5.41, 5.74) is 2.93. The Morgan fingerprint density at radius 1 is 1.15 bits per heavy atom. The molecule has 0 saturated heterocycles. The molecule has 1 N–H and O–H groups in total. The summed E-state index contributed by atoms with van der Waals surface area (Å²) < 4.78 is 11.4. The molecule has 4 rings (SSSR count). The summed E-state index contributed by atoms with van der Waals surface area (Å²) in [6, 6.07) is 19.8. The second-order valence-corrected chi connectivity index (χ2v) is 8.28. The van der Waals surface area contributed by atoms with Crippen molar-refractivity contribution in [3.8, 4) is 11.5 Å². The van der Waals surface area contributed by atoms with E-state index >= 15 is 0 Å². The van der Waals surface area contributed by atoms with Gasteiger partial charge in [0.2, 0.25) is 0 Å². The van der Waals surface area contributed by atoms with Gasteiger partial charge in [-0.15, -0.1) is 0 Å². The molecule has 0 spiro atoms. The van der Waals surface area contributed by atoms with Gasteiger partial charge in [-0.3, -0.25) is 9.59 Å². The van der Waals surface area contributed by atoms with E-state index in [2.05, 4.69) is 5.32 Å². The predicted octanol–water partition coefficient (Wildman–Crippen LogP) is 5.30. The molecule has 7 heteroatoms. The molecule has 0 unspecified atom stereocenters. The first-order valence-electron chi connectivity index (χ1n) is 10.7. The molecular formula is C26H25ClN2O4. The second kappa shape index (κ2) is 9.96. The van der Waals surface area contributed by atoms with E-state index in [1.165, 1.54) is 0 Å². The Balaban J connectivity index is 1.58. The van der Waals surface area contributed by atoms with Gasteiger partial charge in [0.25, 0.3) is 11.8 Å². The zero-order valence-corrected chi connectivity index (χ0v) is 19.3. The number of amides is 2. The van der Waals surface area contributed by atoms with Crippen LogP contribution in [0.25, 0.3) is 0 Å². The molecular weight excluding hydrogens is 440 g/mol. The molecule has 0 fully saturated rings. The van der Waals surface area contributed by atoms with Gasteiger partial charge in [-0.05, 0) is 66.6 Å². The monoisotopic (exact) mass is 464 g/mol. The molecule has 170 valence electrons. The van der Waals surface area contributed by atoms with Gasteiger partial charge in [0, 0.05) is 34.9 Å². The Hall–Kier alpha value is -3.51. The Morgan fingerprint density at radius 2 is 1.94 bits per heavy atom. The number of anilines is 1. The summed E-state index contributed by atoms with van der Waals surface area (Å²) >= 11 is 5.91. The Kier molecular flexibility index (Phi) is 6.84. The summed E-state index contributed by atoms with van der Waals surface area (Å²) in [5, 5.41) is 3.48. The fourth-order valence-corrected chi connectivity index (χ4v) is 3.90. The van der Waals surface area contributed by atoms with Crippen molar-refractivity contribution in [2.75, 3.05) is 12.4 Å². The lowest BCUT2D eigenvalue weighted by molar-refractivity contribution is -0.139. The van der Waals surface area contributed by atoms with Crippen molar-refractivity contribution in [1.29, 1.82) is 0 Å². The fraction of sp³-hybridized carbons (Fsp3) is 0.231. The van der Waals surface area contributed by atoms with Crippen LogP contribution in [-0.4, -0.2) is 29.9 Å². The summed E-state index contributed by atoms with van der Waals surface area (Å²) in [5.74, 6) is 1.08. The molecule has 3 aromatic rings. The maximum absolute atomic E-state index is 13.2. The van der Waals surface area contributed by atoms with Crippen LogP contribution in [0.15, 0.2) is 66.7 Å². The van der Waals surface area contributed by atoms with Gasteiger partial charge in [-0.2, -0.15) is 0 Å². The van der Waals surface area contributed by atoms with Gasteiger partial charge >= 0.3 is 0 Å². The number of fused-ring (bicyclic) bond motifs is 1. The van der Waals surface area contributed by atoms with E-state index in [1.54, 1.807) is 48.4 Å². The highest BCUT2D eigenvalue weighted by atomic mass is 35.5. The molecule has 6 nitrogen and oxygen atoms in total. The largest absolute Gasteiger partial charge is 0.497 e. The van der Waals surface area contributed by atoms with Crippen molar-refractivity contribution in [1.82, 2.24) is 4.90 Å². The first kappa shape index (κ1) is 22.7. The molecule has 1 aliphatic rings. The normalized spacial score (nSPS) is 15.3. The molecule has 0 saturated carbocycles. The van der Waals surface area contributed by atoms with E-state index in [-0.39, 0.29) is 11.8 Å². The molecule has 0 aromatic heterocycles. The average molecular weight is 465 g/mol. The number of ether oxygens (including phenoxy) is 2. The Labute approximate surface area is 198 Å². The van der Waals surface area contributed by atoms with Crippen LogP contribution in [-0.2, 0) is 17.9 Å². The number of hydrogen-bond acceptors (Lipinski definition) is 4. The van der Waals surface area contributed by atoms with Crippen molar-refractivity contribution in [2.45, 2.75) is 32.5 Å². The van der Waals surface area contributed by atoms with Crippen molar-refractivity contribution in [3.63, 3.8) is 0 Å². The molecule has 33 heavy (non-hydrogen) atoms. The van der Waals surface area contributed by atoms with Gasteiger partial charge in [0.15, 0.2) is 6.10 Å². The summed E-state index contributed by atoms with van der Waals surface area (Å²) in [4.78, 5) is 27.6. The van der Waals surface area contributed by atoms with E-state index in [1.807, 2.05) is 37.3 Å². The molecule has 1 aliphatic heterocycles. The molecule has 1 atom stereocenters. The maximum Gasteiger partial charge on any atom is 0.264 e. The quantitative estimate of drug-likeness (QED) is 0.537. The van der Waals surface area contributed by atoms with E-state index in [0.29, 0.717) is 41.5 Å². The minimum Gasteiger partial charge on any atom is -0.497 e. The zero-order chi connectivity index (χ0) is 23.4. The molecule has 1 heterocycles. The lowest BCUT2D eigenvalue weighted by atomic mass is 10.1. The summed E-state index contributed by atoms with van der Waals surface area (Å²) in [7, 11) is 1.62. The van der Waals surface area contributed by atoms with Crippen LogP contribution in [0.1, 0.15) is 34.8 Å². The van der Waals surface area contributed by atoms with E-state index in [0.717, 1.165) is 16.9 Å². The molecule has 0 radical (unpaired) electrons. The van der Waals surface area contributed by atoms with Gasteiger partial charge in [0.1, 0.15) is 11.5 Å². The van der Waals surface area contributed by atoms with Crippen LogP contribution in [0.4, 0.5) is 5.69 Å². The standard InChI is InChI=1S/C26H25ClN2O4/c1-3-23-26(31)29(15-17-5-4-6-22(13-17)32-2)16-19-14-21(11-12-24(19)33-23)28-25(30)18-7-9-20(27)10-8-18/h4-14,23H,3,15-16H2,1-2H3,(H,28,30)/t23-/m0/s1. The molecule has 0 aliphatic carbocycles. The molecule has 2 amide bonds. The van der Waals surface area contributed by atoms with Gasteiger partial charge in [-0.1, -0.05) is 30.7 Å². The van der Waals surface area contributed by atoms with Crippen molar-refractivity contribution in [3.05, 3.63) is 88.4 Å². The number of rotatable bonds is 6. The average Bonchev–Trinajstić information content (AvgIpc) is 2.95. The van der Waals surface area contributed by atoms with Crippen LogP contribution in [0.5, 0.6) is 11.5 Å². The lowest BCUT2D eigenvalue weighted by Gasteiger charge is -2.23. The first-order valence-corrected chi connectivity index (χ1v) is 11.1. The second-order valence-electron chi connectivity index (χ2n) is 7.84. The summed E-state index contributed by atoms with van der Waals surface area (Å²) in [6.45, 7) is 2.72. The Bertz CT molecular complexity index is 1160. The highest BCUT2D eigenvalue weighted by Gasteiger charge is 2.30. The third kappa shape index (κ3) is 5.29. The van der Waals surface area contributed by atoms with E-state index in [9.17, 15) is 9.59 Å². The Morgan fingerprint density at radius 3 is 2.67 bits per heavy atom. The highest BCUT2D eigenvalue weighted by Crippen LogP contribution is 2.30. The number of carbonyl (C=O) groups excluding carboxylic acids is 2. The van der Waals surface area contributed by atoms with Crippen LogP contribution in [0.2, 0.25) is 5.02 Å². The predicted molar refractivity (Wildman–Crippen MR) is 128 cm³/mol. The number of nitrogens with zero attached hydrogens (tertiary/aromatic N) is 1. The number of benzene rings is 3. The van der Waals surface area contributed by atoms with Crippen molar-refractivity contribution < 1.29 is 19.1 Å². The maximum atomic E-state index is 13.2.